The molecule has 0 unspecified atom stereocenters. The zero-order chi connectivity index (χ0) is 15.1. The Morgan fingerprint density at radius 3 is 2.67 bits per heavy atom. The molecule has 0 saturated carbocycles. The molecule has 1 aromatic heterocycles. The summed E-state index contributed by atoms with van der Waals surface area (Å²) in [6.45, 7) is 0.537. The minimum Gasteiger partial charge on any atom is -0.493 e. The molecule has 6 nitrogen and oxygen atoms in total. The molecule has 21 heavy (non-hydrogen) atoms. The first-order valence-corrected chi connectivity index (χ1v) is 6.48. The summed E-state index contributed by atoms with van der Waals surface area (Å²) in [6.07, 6.45) is 1.57. The summed E-state index contributed by atoms with van der Waals surface area (Å²) in [6, 6.07) is 8.97. The zero-order valence-corrected chi connectivity index (χ0v) is 12.0. The molecule has 0 saturated heterocycles. The normalized spacial score (nSPS) is 10.0. The van der Waals surface area contributed by atoms with Crippen LogP contribution in [0.4, 0.5) is 5.69 Å². The molecule has 0 radical (unpaired) electrons. The number of amides is 1. The molecule has 2 aromatic rings. The SMILES string of the molecule is COc1ccc(NCC(=O)NCc2ccco2)cc1OC. The zero-order valence-electron chi connectivity index (χ0n) is 12.0. The van der Waals surface area contributed by atoms with Gasteiger partial charge in [0.25, 0.3) is 0 Å². The first-order chi connectivity index (χ1) is 10.2. The standard InChI is InChI=1S/C15H18N2O4/c1-19-13-6-5-11(8-14(13)20-2)16-10-15(18)17-9-12-4-3-7-21-12/h3-8,16H,9-10H2,1-2H3,(H,17,18). The van der Waals surface area contributed by atoms with E-state index < -0.39 is 0 Å². The van der Waals surface area contributed by atoms with Crippen LogP contribution in [0.5, 0.6) is 11.5 Å². The number of benzene rings is 1. The van der Waals surface area contributed by atoms with Gasteiger partial charge in [0.2, 0.25) is 5.91 Å². The molecule has 1 aromatic carbocycles. The largest absolute Gasteiger partial charge is 0.493 e. The van der Waals surface area contributed by atoms with Crippen LogP contribution in [-0.4, -0.2) is 26.7 Å². The van der Waals surface area contributed by atoms with Crippen LogP contribution < -0.4 is 20.1 Å². The molecule has 0 bridgehead atoms. The topological polar surface area (TPSA) is 72.7 Å². The minimum atomic E-state index is -0.124. The van der Waals surface area contributed by atoms with Crippen LogP contribution in [0.3, 0.4) is 0 Å². The Hall–Kier alpha value is -2.63. The van der Waals surface area contributed by atoms with E-state index in [4.69, 9.17) is 13.9 Å². The van der Waals surface area contributed by atoms with E-state index in [1.807, 2.05) is 12.1 Å². The molecule has 6 heteroatoms. The number of methoxy groups -OCH3 is 2. The molecule has 0 atom stereocenters. The molecule has 2 N–H and O–H groups in total. The average molecular weight is 290 g/mol. The maximum Gasteiger partial charge on any atom is 0.239 e. The molecule has 0 aliphatic heterocycles. The molecule has 0 fully saturated rings. The van der Waals surface area contributed by atoms with E-state index in [-0.39, 0.29) is 12.5 Å². The molecule has 1 heterocycles. The summed E-state index contributed by atoms with van der Waals surface area (Å²) in [7, 11) is 3.14. The number of anilines is 1. The molecule has 0 spiro atoms. The van der Waals surface area contributed by atoms with Crippen molar-refractivity contribution in [1.82, 2.24) is 5.32 Å². The monoisotopic (exact) mass is 290 g/mol. The van der Waals surface area contributed by atoms with E-state index >= 15 is 0 Å². The van der Waals surface area contributed by atoms with E-state index in [2.05, 4.69) is 10.6 Å². The fourth-order valence-corrected chi connectivity index (χ4v) is 1.79. The van der Waals surface area contributed by atoms with Gasteiger partial charge in [-0.05, 0) is 24.3 Å². The van der Waals surface area contributed by atoms with Gasteiger partial charge in [0.05, 0.1) is 33.6 Å². The second-order valence-corrected chi connectivity index (χ2v) is 4.28. The third-order valence-corrected chi connectivity index (χ3v) is 2.88. The van der Waals surface area contributed by atoms with Crippen molar-refractivity contribution in [3.05, 3.63) is 42.4 Å². The molecular weight excluding hydrogens is 272 g/mol. The first kappa shape index (κ1) is 14.8. The highest BCUT2D eigenvalue weighted by atomic mass is 16.5. The number of carbonyl (C=O) groups excluding carboxylic acids is 1. The van der Waals surface area contributed by atoms with Crippen LogP contribution in [-0.2, 0) is 11.3 Å². The number of rotatable bonds is 7. The third kappa shape index (κ3) is 4.17. The summed E-state index contributed by atoms with van der Waals surface area (Å²) in [5.74, 6) is 1.85. The van der Waals surface area contributed by atoms with Crippen LogP contribution >= 0.6 is 0 Å². The lowest BCUT2D eigenvalue weighted by Crippen LogP contribution is -2.29. The van der Waals surface area contributed by atoms with Crippen molar-refractivity contribution in [3.63, 3.8) is 0 Å². The van der Waals surface area contributed by atoms with Gasteiger partial charge in [-0.2, -0.15) is 0 Å². The Balaban J connectivity index is 1.83. The van der Waals surface area contributed by atoms with Gasteiger partial charge in [-0.1, -0.05) is 0 Å². The van der Waals surface area contributed by atoms with E-state index in [9.17, 15) is 4.79 Å². The van der Waals surface area contributed by atoms with Crippen LogP contribution in [0.25, 0.3) is 0 Å². The highest BCUT2D eigenvalue weighted by Gasteiger charge is 2.06. The lowest BCUT2D eigenvalue weighted by molar-refractivity contribution is -0.119. The highest BCUT2D eigenvalue weighted by Crippen LogP contribution is 2.29. The van der Waals surface area contributed by atoms with Crippen molar-refractivity contribution in [2.45, 2.75) is 6.54 Å². The fraction of sp³-hybridized carbons (Fsp3) is 0.267. The smallest absolute Gasteiger partial charge is 0.239 e. The lowest BCUT2D eigenvalue weighted by atomic mass is 10.2. The molecule has 1 amide bonds. The maximum atomic E-state index is 11.7. The predicted molar refractivity (Wildman–Crippen MR) is 78.6 cm³/mol. The fourth-order valence-electron chi connectivity index (χ4n) is 1.79. The van der Waals surface area contributed by atoms with E-state index in [0.717, 1.165) is 11.4 Å². The Morgan fingerprint density at radius 1 is 1.19 bits per heavy atom. The van der Waals surface area contributed by atoms with Gasteiger partial charge in [-0.15, -0.1) is 0 Å². The van der Waals surface area contributed by atoms with Gasteiger partial charge in [-0.3, -0.25) is 4.79 Å². The van der Waals surface area contributed by atoms with Crippen molar-refractivity contribution in [2.24, 2.45) is 0 Å². The molecule has 2 rings (SSSR count). The molecule has 112 valence electrons. The summed E-state index contributed by atoms with van der Waals surface area (Å²) < 4.78 is 15.5. The molecule has 0 aliphatic rings. The number of hydrogen-bond acceptors (Lipinski definition) is 5. The van der Waals surface area contributed by atoms with Crippen LogP contribution in [0.15, 0.2) is 41.0 Å². The predicted octanol–water partition coefficient (Wildman–Crippen LogP) is 2.03. The van der Waals surface area contributed by atoms with Gasteiger partial charge < -0.3 is 24.5 Å². The number of furan rings is 1. The highest BCUT2D eigenvalue weighted by molar-refractivity contribution is 5.80. The van der Waals surface area contributed by atoms with Crippen molar-refractivity contribution < 1.29 is 18.7 Å². The summed E-state index contributed by atoms with van der Waals surface area (Å²) in [5.41, 5.74) is 0.779. The van der Waals surface area contributed by atoms with Crippen molar-refractivity contribution in [2.75, 3.05) is 26.1 Å². The summed E-state index contributed by atoms with van der Waals surface area (Å²) in [4.78, 5) is 11.7. The van der Waals surface area contributed by atoms with E-state index in [1.165, 1.54) is 0 Å². The van der Waals surface area contributed by atoms with Crippen LogP contribution in [0.1, 0.15) is 5.76 Å². The number of nitrogens with one attached hydrogen (secondary N) is 2. The van der Waals surface area contributed by atoms with Crippen molar-refractivity contribution in [1.29, 1.82) is 0 Å². The summed E-state index contributed by atoms with van der Waals surface area (Å²) in [5, 5.41) is 5.78. The Bertz CT molecular complexity index is 581. The molecule has 0 aliphatic carbocycles. The molecular formula is C15H18N2O4. The third-order valence-electron chi connectivity index (χ3n) is 2.88. The second kappa shape index (κ2) is 7.23. The maximum absolute atomic E-state index is 11.7. The number of ether oxygens (including phenoxy) is 2. The van der Waals surface area contributed by atoms with Gasteiger partial charge in [0.15, 0.2) is 11.5 Å². The Labute approximate surface area is 123 Å². The quantitative estimate of drug-likeness (QED) is 0.816. The van der Waals surface area contributed by atoms with Gasteiger partial charge in [0.1, 0.15) is 5.76 Å². The Kier molecular flexibility index (Phi) is 5.09. The average Bonchev–Trinajstić information content (AvgIpc) is 3.04. The van der Waals surface area contributed by atoms with Gasteiger partial charge in [-0.25, -0.2) is 0 Å². The number of carbonyl (C=O) groups is 1. The van der Waals surface area contributed by atoms with Crippen molar-refractivity contribution >= 4 is 11.6 Å². The van der Waals surface area contributed by atoms with Gasteiger partial charge >= 0.3 is 0 Å². The second-order valence-electron chi connectivity index (χ2n) is 4.28. The van der Waals surface area contributed by atoms with E-state index in [1.54, 1.807) is 38.7 Å². The van der Waals surface area contributed by atoms with Crippen LogP contribution in [0, 0.1) is 0 Å². The van der Waals surface area contributed by atoms with Gasteiger partial charge in [0, 0.05) is 11.8 Å². The van der Waals surface area contributed by atoms with E-state index in [0.29, 0.717) is 18.0 Å². The lowest BCUT2D eigenvalue weighted by Gasteiger charge is -2.11. The minimum absolute atomic E-state index is 0.124. The Morgan fingerprint density at radius 2 is 2.00 bits per heavy atom. The van der Waals surface area contributed by atoms with Crippen LogP contribution in [0.2, 0.25) is 0 Å². The van der Waals surface area contributed by atoms with Crippen molar-refractivity contribution in [3.8, 4) is 11.5 Å². The summed E-state index contributed by atoms with van der Waals surface area (Å²) >= 11 is 0. The first-order valence-electron chi connectivity index (χ1n) is 6.48. The number of hydrogen-bond donors (Lipinski definition) is 2.